The number of carbonyl (C=O) groups excluding carboxylic acids is 1. The molecule has 2 N–H and O–H groups in total. The molecular formula is C32H33F2N7O3S. The summed E-state index contributed by atoms with van der Waals surface area (Å²) in [7, 11) is 0. The first-order chi connectivity index (χ1) is 23.8. The zero-order chi connectivity index (χ0) is 36.8. The quantitative estimate of drug-likeness (QED) is 0.255. The molecule has 2 aliphatic heterocycles. The highest BCUT2D eigenvalue weighted by atomic mass is 32.1. The molecule has 1 amide bonds. The van der Waals surface area contributed by atoms with Crippen LogP contribution >= 0.6 is 11.3 Å². The van der Waals surface area contributed by atoms with Gasteiger partial charge >= 0.3 is 6.09 Å². The Kier molecular flexibility index (Phi) is 5.47. The minimum absolute atomic E-state index is 0.00497. The van der Waals surface area contributed by atoms with E-state index in [4.69, 9.17) is 17.7 Å². The third kappa shape index (κ3) is 5.05. The van der Waals surface area contributed by atoms with E-state index in [-0.39, 0.29) is 68.5 Å². The standard InChI is InChI=1S/C32H33F2N7O3S/c1-15(2)38-21-11-41(14-32(21)6-7-32)29-37-9-17-18-12-43-13-19(18)22(24(34)25(17)39-29)26-23-16(8-35)28(40-30(42)44-31(3,4)5)45-27(23)20(33)10-36-26/h9-10,15,21,38H,6-7,11-14H2,1-5H3,(H,40,42)/t21-/m1/s1/i1D3,2D3. The number of halogens is 2. The Morgan fingerprint density at radius 1 is 1.27 bits per heavy atom. The van der Waals surface area contributed by atoms with Crippen molar-refractivity contribution >= 4 is 49.4 Å². The Morgan fingerprint density at radius 3 is 2.76 bits per heavy atom. The van der Waals surface area contributed by atoms with Crippen molar-refractivity contribution in [1.82, 2.24) is 20.3 Å². The number of nitrogens with zero attached hydrogens (tertiary/aromatic N) is 5. The van der Waals surface area contributed by atoms with Crippen molar-refractivity contribution in [3.63, 3.8) is 0 Å². The summed E-state index contributed by atoms with van der Waals surface area (Å²) in [6.45, 7) is 0.192. The van der Waals surface area contributed by atoms with Crippen LogP contribution in [-0.2, 0) is 22.7 Å². The molecule has 234 valence electrons. The van der Waals surface area contributed by atoms with Crippen molar-refractivity contribution in [2.45, 2.75) is 78.2 Å². The van der Waals surface area contributed by atoms with Crippen molar-refractivity contribution in [1.29, 1.82) is 5.26 Å². The third-order valence-corrected chi connectivity index (χ3v) is 9.62. The molecule has 0 radical (unpaired) electrons. The Balaban J connectivity index is 1.31. The van der Waals surface area contributed by atoms with Crippen LogP contribution in [0.2, 0.25) is 0 Å². The second-order valence-corrected chi connectivity index (χ2v) is 13.7. The van der Waals surface area contributed by atoms with Crippen molar-refractivity contribution < 1.29 is 31.3 Å². The molecule has 1 aromatic carbocycles. The molecule has 1 saturated heterocycles. The number of nitriles is 1. The summed E-state index contributed by atoms with van der Waals surface area (Å²) in [6.07, 6.45) is 3.06. The number of benzene rings is 1. The summed E-state index contributed by atoms with van der Waals surface area (Å²) in [6, 6.07) is -0.205. The molecular weight excluding hydrogens is 600 g/mol. The average Bonchev–Trinajstić information content (AvgIpc) is 3.31. The minimum atomic E-state index is -2.77. The van der Waals surface area contributed by atoms with E-state index in [1.807, 2.05) is 6.07 Å². The van der Waals surface area contributed by atoms with Crippen LogP contribution in [0.1, 0.15) is 72.2 Å². The number of ether oxygens (including phenoxy) is 2. The number of hydrogen-bond acceptors (Lipinski definition) is 10. The predicted octanol–water partition coefficient (Wildman–Crippen LogP) is 6.40. The number of aromatic nitrogens is 3. The lowest BCUT2D eigenvalue weighted by Gasteiger charge is -2.21. The zero-order valence-corrected chi connectivity index (χ0v) is 25.5. The monoisotopic (exact) mass is 639 g/mol. The van der Waals surface area contributed by atoms with Crippen molar-refractivity contribution in [2.24, 2.45) is 5.41 Å². The smallest absolute Gasteiger partial charge is 0.412 e. The van der Waals surface area contributed by atoms with Crippen LogP contribution < -0.4 is 15.5 Å². The lowest BCUT2D eigenvalue weighted by Crippen LogP contribution is -2.41. The van der Waals surface area contributed by atoms with Gasteiger partial charge in [-0.15, -0.1) is 11.3 Å². The molecule has 2 fully saturated rings. The second kappa shape index (κ2) is 10.5. The molecule has 3 aliphatic rings. The van der Waals surface area contributed by atoms with Crippen molar-refractivity contribution in [3.8, 4) is 17.3 Å². The summed E-state index contributed by atoms with van der Waals surface area (Å²) >= 11 is 0.801. The summed E-state index contributed by atoms with van der Waals surface area (Å²) < 4.78 is 90.4. The maximum atomic E-state index is 17.0. The number of amides is 1. The van der Waals surface area contributed by atoms with Gasteiger partial charge in [-0.25, -0.2) is 23.5 Å². The van der Waals surface area contributed by atoms with Crippen LogP contribution in [0.25, 0.3) is 32.2 Å². The van der Waals surface area contributed by atoms with E-state index in [0.717, 1.165) is 30.4 Å². The van der Waals surface area contributed by atoms with Gasteiger partial charge in [-0.1, -0.05) is 13.7 Å². The molecule has 13 heteroatoms. The lowest BCUT2D eigenvalue weighted by atomic mass is 9.94. The highest BCUT2D eigenvalue weighted by molar-refractivity contribution is 7.23. The molecule has 1 atom stereocenters. The van der Waals surface area contributed by atoms with Crippen LogP contribution in [0.15, 0.2) is 12.4 Å². The Bertz CT molecular complexity index is 2130. The summed E-state index contributed by atoms with van der Waals surface area (Å²) in [5, 5.41) is 16.1. The van der Waals surface area contributed by atoms with E-state index >= 15 is 8.78 Å². The average molecular weight is 640 g/mol. The number of thiophene rings is 1. The van der Waals surface area contributed by atoms with Gasteiger partial charge in [-0.05, 0) is 44.7 Å². The normalized spacial score (nSPS) is 21.2. The molecule has 10 nitrogen and oxygen atoms in total. The predicted molar refractivity (Wildman–Crippen MR) is 167 cm³/mol. The van der Waals surface area contributed by atoms with Gasteiger partial charge in [0.15, 0.2) is 11.6 Å². The van der Waals surface area contributed by atoms with Gasteiger partial charge in [-0.3, -0.25) is 10.3 Å². The fourth-order valence-corrected chi connectivity index (χ4v) is 7.41. The molecule has 1 saturated carbocycles. The summed E-state index contributed by atoms with van der Waals surface area (Å²) in [5.41, 5.74) is -0.419. The molecule has 4 aromatic rings. The maximum absolute atomic E-state index is 17.0. The highest BCUT2D eigenvalue weighted by Gasteiger charge is 2.55. The Hall–Kier alpha value is -3.99. The van der Waals surface area contributed by atoms with Gasteiger partial charge in [0, 0.05) is 61.3 Å². The van der Waals surface area contributed by atoms with Gasteiger partial charge in [-0.2, -0.15) is 5.26 Å². The number of carbonyl (C=O) groups is 1. The van der Waals surface area contributed by atoms with Crippen molar-refractivity contribution in [3.05, 3.63) is 40.7 Å². The van der Waals surface area contributed by atoms with Gasteiger partial charge in [0.1, 0.15) is 22.2 Å². The second-order valence-electron chi connectivity index (χ2n) is 12.7. The fourth-order valence-electron chi connectivity index (χ4n) is 6.37. The van der Waals surface area contributed by atoms with Crippen LogP contribution in [0.5, 0.6) is 0 Å². The summed E-state index contributed by atoms with van der Waals surface area (Å²) in [4.78, 5) is 27.9. The number of nitrogens with one attached hydrogen (secondary N) is 2. The first kappa shape index (κ1) is 23.4. The highest BCUT2D eigenvalue weighted by Crippen LogP contribution is 2.53. The molecule has 7 rings (SSSR count). The fraction of sp³-hybridized carbons (Fsp3) is 0.469. The molecule has 1 aliphatic carbocycles. The number of pyridine rings is 1. The number of hydrogen-bond donors (Lipinski definition) is 2. The van der Waals surface area contributed by atoms with Gasteiger partial charge in [0.25, 0.3) is 0 Å². The van der Waals surface area contributed by atoms with E-state index < -0.39 is 49.1 Å². The first-order valence-corrected chi connectivity index (χ1v) is 15.2. The van der Waals surface area contributed by atoms with E-state index in [1.54, 1.807) is 25.7 Å². The topological polar surface area (TPSA) is 125 Å². The molecule has 5 heterocycles. The van der Waals surface area contributed by atoms with E-state index in [9.17, 15) is 10.1 Å². The largest absolute Gasteiger partial charge is 0.444 e. The van der Waals surface area contributed by atoms with Gasteiger partial charge in [0.05, 0.1) is 35.4 Å². The van der Waals surface area contributed by atoms with E-state index in [0.29, 0.717) is 23.1 Å². The molecule has 1 spiro atoms. The molecule has 45 heavy (non-hydrogen) atoms. The van der Waals surface area contributed by atoms with Gasteiger partial charge < -0.3 is 19.7 Å². The first-order valence-electron chi connectivity index (χ1n) is 17.4. The van der Waals surface area contributed by atoms with Crippen LogP contribution in [0.3, 0.4) is 0 Å². The molecule has 0 bridgehead atoms. The van der Waals surface area contributed by atoms with Crippen LogP contribution in [0, 0.1) is 28.4 Å². The van der Waals surface area contributed by atoms with Crippen molar-refractivity contribution in [2.75, 3.05) is 23.3 Å². The third-order valence-electron chi connectivity index (χ3n) is 8.51. The molecule has 3 aromatic heterocycles. The SMILES string of the molecule is [2H]C([2H])([2H])C(N[C@@H]1CN(c2ncc3c4c(c(-c5ncc(F)c6sc(NC(=O)OC(C)(C)C)c(C#N)c56)c(F)c3n2)COC4)CC12CC2)C([2H])([2H])[2H]. The minimum Gasteiger partial charge on any atom is -0.444 e. The van der Waals surface area contributed by atoms with Crippen LogP contribution in [0.4, 0.5) is 24.5 Å². The number of fused-ring (bicyclic) bond motifs is 4. The Morgan fingerprint density at radius 2 is 2.04 bits per heavy atom. The van der Waals surface area contributed by atoms with E-state index in [2.05, 4.69) is 25.6 Å². The Labute approximate surface area is 271 Å². The zero-order valence-electron chi connectivity index (χ0n) is 30.7. The van der Waals surface area contributed by atoms with Gasteiger partial charge in [0.2, 0.25) is 5.95 Å². The van der Waals surface area contributed by atoms with E-state index in [1.165, 1.54) is 6.20 Å². The molecule has 0 unspecified atom stereocenters. The number of anilines is 2. The number of rotatable bonds is 5. The van der Waals surface area contributed by atoms with Crippen LogP contribution in [-0.4, -0.2) is 51.8 Å². The lowest BCUT2D eigenvalue weighted by molar-refractivity contribution is 0.0636. The summed E-state index contributed by atoms with van der Waals surface area (Å²) in [5.74, 6) is -1.40. The maximum Gasteiger partial charge on any atom is 0.412 e.